The molecule has 3 rings (SSSR count). The number of benzene rings is 2. The molecule has 1 N–H and O–H groups in total. The largest absolute Gasteiger partial charge is 0.482 e. The number of hydrogen-bond acceptors (Lipinski definition) is 5. The van der Waals surface area contributed by atoms with Gasteiger partial charge < -0.3 is 14.8 Å². The van der Waals surface area contributed by atoms with Crippen LogP contribution in [0.15, 0.2) is 48.5 Å². The van der Waals surface area contributed by atoms with Crippen molar-refractivity contribution in [1.82, 2.24) is 0 Å². The zero-order valence-electron chi connectivity index (χ0n) is 12.3. The van der Waals surface area contributed by atoms with Gasteiger partial charge in [0, 0.05) is 6.07 Å². The molecule has 0 spiro atoms. The molecule has 23 heavy (non-hydrogen) atoms. The summed E-state index contributed by atoms with van der Waals surface area (Å²) in [4.78, 5) is 22.9. The Labute approximate surface area is 132 Å². The highest BCUT2D eigenvalue weighted by atomic mass is 16.6. The maximum atomic E-state index is 12.4. The number of rotatable bonds is 3. The summed E-state index contributed by atoms with van der Waals surface area (Å²) in [6, 6.07) is 13.0. The van der Waals surface area contributed by atoms with Crippen molar-refractivity contribution in [2.45, 2.75) is 19.1 Å². The van der Waals surface area contributed by atoms with E-state index in [1.807, 2.05) is 6.07 Å². The molecule has 0 aromatic heterocycles. The van der Waals surface area contributed by atoms with E-state index in [1.54, 1.807) is 31.2 Å². The summed E-state index contributed by atoms with van der Waals surface area (Å²) in [5.74, 6) is 0.532. The monoisotopic (exact) mass is 314 g/mol. The Balaban J connectivity index is 1.81. The van der Waals surface area contributed by atoms with Gasteiger partial charge in [-0.05, 0) is 25.1 Å². The molecule has 1 aliphatic heterocycles. The second-order valence-electron chi connectivity index (χ2n) is 5.07. The summed E-state index contributed by atoms with van der Waals surface area (Å²) < 4.78 is 11.3. The van der Waals surface area contributed by atoms with Crippen LogP contribution in [0.1, 0.15) is 6.92 Å². The summed E-state index contributed by atoms with van der Waals surface area (Å²) in [7, 11) is 0. The number of hydrogen-bond donors (Lipinski definition) is 1. The minimum Gasteiger partial charge on any atom is -0.482 e. The lowest BCUT2D eigenvalue weighted by Crippen LogP contribution is -2.46. The SMILES string of the molecule is C[C@H]1Oc2ccccc2O[C@H]1C(=O)Nc1ccccc1[N+](=O)[O-]. The Morgan fingerprint density at radius 1 is 1.09 bits per heavy atom. The van der Waals surface area contributed by atoms with Gasteiger partial charge in [0.05, 0.1) is 4.92 Å². The van der Waals surface area contributed by atoms with E-state index in [0.717, 1.165) is 0 Å². The van der Waals surface area contributed by atoms with Crippen molar-refractivity contribution in [3.63, 3.8) is 0 Å². The fourth-order valence-corrected chi connectivity index (χ4v) is 2.35. The molecular weight excluding hydrogens is 300 g/mol. The summed E-state index contributed by atoms with van der Waals surface area (Å²) in [5.41, 5.74) is -0.0530. The number of nitro groups is 1. The lowest BCUT2D eigenvalue weighted by molar-refractivity contribution is -0.383. The van der Waals surface area contributed by atoms with Crippen LogP contribution in [-0.2, 0) is 4.79 Å². The van der Waals surface area contributed by atoms with Crippen molar-refractivity contribution in [2.24, 2.45) is 0 Å². The van der Waals surface area contributed by atoms with E-state index in [0.29, 0.717) is 11.5 Å². The van der Waals surface area contributed by atoms with Gasteiger partial charge in [0.2, 0.25) is 6.10 Å². The van der Waals surface area contributed by atoms with Crippen molar-refractivity contribution < 1.29 is 19.2 Å². The first kappa shape index (κ1) is 14.8. The van der Waals surface area contributed by atoms with Gasteiger partial charge in [-0.1, -0.05) is 24.3 Å². The van der Waals surface area contributed by atoms with E-state index in [2.05, 4.69) is 5.32 Å². The number of carbonyl (C=O) groups is 1. The van der Waals surface area contributed by atoms with Crippen LogP contribution < -0.4 is 14.8 Å². The Kier molecular flexibility index (Phi) is 3.84. The minimum absolute atomic E-state index is 0.122. The average molecular weight is 314 g/mol. The first-order valence-corrected chi connectivity index (χ1v) is 7.03. The number of nitrogens with zero attached hydrogens (tertiary/aromatic N) is 1. The van der Waals surface area contributed by atoms with Gasteiger partial charge in [-0.25, -0.2) is 0 Å². The number of amides is 1. The van der Waals surface area contributed by atoms with E-state index in [9.17, 15) is 14.9 Å². The van der Waals surface area contributed by atoms with Crippen LogP contribution in [-0.4, -0.2) is 23.0 Å². The van der Waals surface area contributed by atoms with Crippen LogP contribution in [0.5, 0.6) is 11.5 Å². The maximum absolute atomic E-state index is 12.4. The molecule has 0 radical (unpaired) electrons. The van der Waals surface area contributed by atoms with Gasteiger partial charge in [0.1, 0.15) is 11.8 Å². The quantitative estimate of drug-likeness (QED) is 0.695. The smallest absolute Gasteiger partial charge is 0.292 e. The van der Waals surface area contributed by atoms with E-state index in [-0.39, 0.29) is 11.4 Å². The van der Waals surface area contributed by atoms with Gasteiger partial charge in [-0.3, -0.25) is 14.9 Å². The Morgan fingerprint density at radius 3 is 2.39 bits per heavy atom. The zero-order chi connectivity index (χ0) is 16.4. The Hall–Kier alpha value is -3.09. The highest BCUT2D eigenvalue weighted by Gasteiger charge is 2.34. The van der Waals surface area contributed by atoms with Crippen molar-refractivity contribution in [1.29, 1.82) is 0 Å². The summed E-state index contributed by atoms with van der Waals surface area (Å²) in [5, 5.41) is 13.5. The van der Waals surface area contributed by atoms with Crippen molar-refractivity contribution in [3.8, 4) is 11.5 Å². The second kappa shape index (κ2) is 5.96. The number of nitro benzene ring substituents is 1. The lowest BCUT2D eigenvalue weighted by Gasteiger charge is -2.30. The Bertz CT molecular complexity index is 762. The lowest BCUT2D eigenvalue weighted by atomic mass is 10.1. The number of carbonyl (C=O) groups excluding carboxylic acids is 1. The molecule has 0 aliphatic carbocycles. The summed E-state index contributed by atoms with van der Waals surface area (Å²) in [6.45, 7) is 1.71. The van der Waals surface area contributed by atoms with Crippen LogP contribution in [0.25, 0.3) is 0 Å². The molecular formula is C16H14N2O5. The van der Waals surface area contributed by atoms with Gasteiger partial charge in [-0.2, -0.15) is 0 Å². The van der Waals surface area contributed by atoms with Crippen LogP contribution in [0, 0.1) is 10.1 Å². The van der Waals surface area contributed by atoms with Gasteiger partial charge in [0.25, 0.3) is 11.6 Å². The first-order valence-electron chi connectivity index (χ1n) is 7.03. The third kappa shape index (κ3) is 2.94. The van der Waals surface area contributed by atoms with E-state index in [1.165, 1.54) is 18.2 Å². The molecule has 0 unspecified atom stereocenters. The predicted octanol–water partition coefficient (Wildman–Crippen LogP) is 2.76. The molecule has 0 saturated heterocycles. The number of fused-ring (bicyclic) bond motifs is 1. The summed E-state index contributed by atoms with van der Waals surface area (Å²) >= 11 is 0. The highest BCUT2D eigenvalue weighted by Crippen LogP contribution is 2.34. The van der Waals surface area contributed by atoms with Crippen LogP contribution >= 0.6 is 0 Å². The third-order valence-electron chi connectivity index (χ3n) is 3.46. The highest BCUT2D eigenvalue weighted by molar-refractivity contribution is 5.96. The van der Waals surface area contributed by atoms with Crippen LogP contribution in [0.3, 0.4) is 0 Å². The number of para-hydroxylation sites is 4. The molecule has 118 valence electrons. The van der Waals surface area contributed by atoms with E-state index in [4.69, 9.17) is 9.47 Å². The second-order valence-corrected chi connectivity index (χ2v) is 5.07. The molecule has 0 fully saturated rings. The van der Waals surface area contributed by atoms with Gasteiger partial charge >= 0.3 is 0 Å². The van der Waals surface area contributed by atoms with Crippen LogP contribution in [0.2, 0.25) is 0 Å². The number of anilines is 1. The molecule has 1 amide bonds. The molecule has 7 heteroatoms. The first-order chi connectivity index (χ1) is 11.1. The molecule has 2 atom stereocenters. The van der Waals surface area contributed by atoms with E-state index < -0.39 is 23.0 Å². The van der Waals surface area contributed by atoms with Crippen LogP contribution in [0.4, 0.5) is 11.4 Å². The fraction of sp³-hybridized carbons (Fsp3) is 0.188. The van der Waals surface area contributed by atoms with Gasteiger partial charge in [-0.15, -0.1) is 0 Å². The molecule has 7 nitrogen and oxygen atoms in total. The van der Waals surface area contributed by atoms with Crippen molar-refractivity contribution in [2.75, 3.05) is 5.32 Å². The molecule has 1 aliphatic rings. The Morgan fingerprint density at radius 2 is 1.70 bits per heavy atom. The molecule has 2 aromatic rings. The standard InChI is InChI=1S/C16H14N2O5/c1-10-15(23-14-9-5-4-8-13(14)22-10)16(19)17-11-6-2-3-7-12(11)18(20)21/h2-10,15H,1H3,(H,17,19)/t10-,15-/m1/s1. The van der Waals surface area contributed by atoms with Crippen molar-refractivity contribution >= 4 is 17.3 Å². The number of ether oxygens (including phenoxy) is 2. The number of nitrogens with one attached hydrogen (secondary N) is 1. The maximum Gasteiger partial charge on any atom is 0.292 e. The topological polar surface area (TPSA) is 90.7 Å². The summed E-state index contributed by atoms with van der Waals surface area (Å²) in [6.07, 6.45) is -1.42. The third-order valence-corrected chi connectivity index (χ3v) is 3.46. The molecule has 0 bridgehead atoms. The van der Waals surface area contributed by atoms with Gasteiger partial charge in [0.15, 0.2) is 11.5 Å². The minimum atomic E-state index is -0.898. The zero-order valence-corrected chi connectivity index (χ0v) is 12.3. The molecule has 0 saturated carbocycles. The molecule has 2 aromatic carbocycles. The predicted molar refractivity (Wildman–Crippen MR) is 82.7 cm³/mol. The molecule has 1 heterocycles. The normalized spacial score (nSPS) is 19.0. The fourth-order valence-electron chi connectivity index (χ4n) is 2.35. The van der Waals surface area contributed by atoms with E-state index >= 15 is 0 Å². The average Bonchev–Trinajstić information content (AvgIpc) is 2.54. The van der Waals surface area contributed by atoms with Crippen molar-refractivity contribution in [3.05, 3.63) is 58.6 Å².